The van der Waals surface area contributed by atoms with E-state index < -0.39 is 0 Å². The first kappa shape index (κ1) is 12.1. The molecule has 1 saturated carbocycles. The van der Waals surface area contributed by atoms with Gasteiger partial charge in [-0.25, -0.2) is 0 Å². The largest absolute Gasteiger partial charge is 0.375 e. The summed E-state index contributed by atoms with van der Waals surface area (Å²) in [6.45, 7) is 1.57. The quantitative estimate of drug-likeness (QED) is 0.890. The van der Waals surface area contributed by atoms with Crippen LogP contribution in [0.2, 0.25) is 0 Å². The van der Waals surface area contributed by atoms with Gasteiger partial charge in [0.2, 0.25) is 6.39 Å². The molecule has 18 heavy (non-hydrogen) atoms. The summed E-state index contributed by atoms with van der Waals surface area (Å²) in [7, 11) is 0. The molecule has 5 nitrogen and oxygen atoms in total. The Morgan fingerprint density at radius 3 is 3.00 bits per heavy atom. The van der Waals surface area contributed by atoms with Crippen molar-refractivity contribution in [1.29, 1.82) is 0 Å². The van der Waals surface area contributed by atoms with Crippen LogP contribution < -0.4 is 5.32 Å². The summed E-state index contributed by atoms with van der Waals surface area (Å²) in [6, 6.07) is 0.523. The molecule has 0 radical (unpaired) electrons. The van der Waals surface area contributed by atoms with E-state index in [9.17, 15) is 0 Å². The van der Waals surface area contributed by atoms with Gasteiger partial charge in [-0.3, -0.25) is 0 Å². The molecule has 2 fully saturated rings. The van der Waals surface area contributed by atoms with Gasteiger partial charge >= 0.3 is 0 Å². The molecular weight excluding hydrogens is 230 g/mol. The lowest BCUT2D eigenvalue weighted by Gasteiger charge is -2.43. The molecule has 1 aromatic heterocycles. The number of aromatic nitrogens is 2. The minimum Gasteiger partial charge on any atom is -0.375 e. The summed E-state index contributed by atoms with van der Waals surface area (Å²) < 4.78 is 10.8. The Morgan fingerprint density at radius 2 is 2.22 bits per heavy atom. The Balaban J connectivity index is 1.53. The number of ether oxygens (including phenoxy) is 1. The fourth-order valence-corrected chi connectivity index (χ4v) is 3.25. The lowest BCUT2D eigenvalue weighted by atomic mass is 9.78. The number of hydrogen-bond acceptors (Lipinski definition) is 5. The molecule has 5 heteroatoms. The van der Waals surface area contributed by atoms with Gasteiger partial charge in [0, 0.05) is 12.6 Å². The number of rotatable bonds is 3. The molecule has 1 unspecified atom stereocenters. The Bertz CT molecular complexity index is 355. The zero-order valence-electron chi connectivity index (χ0n) is 10.7. The number of hydrogen-bond donors (Lipinski definition) is 1. The van der Waals surface area contributed by atoms with Crippen molar-refractivity contribution in [2.75, 3.05) is 6.61 Å². The average Bonchev–Trinajstić information content (AvgIpc) is 2.91. The van der Waals surface area contributed by atoms with Crippen LogP contribution >= 0.6 is 0 Å². The molecule has 1 N–H and O–H groups in total. The van der Waals surface area contributed by atoms with Crippen LogP contribution in [0.3, 0.4) is 0 Å². The van der Waals surface area contributed by atoms with Crippen molar-refractivity contribution in [1.82, 2.24) is 15.5 Å². The fourth-order valence-electron chi connectivity index (χ4n) is 3.25. The molecule has 1 atom stereocenters. The summed E-state index contributed by atoms with van der Waals surface area (Å²) in [5, 5.41) is 7.36. The summed E-state index contributed by atoms with van der Waals surface area (Å²) in [4.78, 5) is 4.03. The van der Waals surface area contributed by atoms with Gasteiger partial charge in [0.15, 0.2) is 5.82 Å². The van der Waals surface area contributed by atoms with E-state index in [1.54, 1.807) is 0 Å². The normalized spacial score (nSPS) is 27.4. The van der Waals surface area contributed by atoms with Crippen LogP contribution in [-0.4, -0.2) is 28.4 Å². The van der Waals surface area contributed by atoms with E-state index in [0.29, 0.717) is 12.6 Å². The van der Waals surface area contributed by atoms with Crippen LogP contribution in [0.4, 0.5) is 0 Å². The second-order valence-corrected chi connectivity index (χ2v) is 5.51. The Labute approximate surface area is 107 Å². The van der Waals surface area contributed by atoms with Crippen LogP contribution in [0.5, 0.6) is 0 Å². The maximum absolute atomic E-state index is 6.08. The number of nitrogens with one attached hydrogen (secondary N) is 1. The van der Waals surface area contributed by atoms with Gasteiger partial charge in [-0.05, 0) is 25.7 Å². The predicted molar refractivity (Wildman–Crippen MR) is 65.9 cm³/mol. The lowest BCUT2D eigenvalue weighted by molar-refractivity contribution is -0.109. The maximum Gasteiger partial charge on any atom is 0.213 e. The first-order chi connectivity index (χ1) is 8.86. The first-order valence-corrected chi connectivity index (χ1v) is 6.99. The first-order valence-electron chi connectivity index (χ1n) is 6.99. The van der Waals surface area contributed by atoms with Gasteiger partial charge in [-0.2, -0.15) is 4.98 Å². The Hall–Kier alpha value is -0.940. The molecule has 1 spiro atoms. The van der Waals surface area contributed by atoms with Crippen molar-refractivity contribution in [2.24, 2.45) is 0 Å². The summed E-state index contributed by atoms with van der Waals surface area (Å²) in [5.41, 5.74) is 0.158. The van der Waals surface area contributed by atoms with Crippen LogP contribution in [0.15, 0.2) is 10.9 Å². The van der Waals surface area contributed by atoms with Gasteiger partial charge in [0.25, 0.3) is 0 Å². The second-order valence-electron chi connectivity index (χ2n) is 5.51. The van der Waals surface area contributed by atoms with Crippen LogP contribution in [-0.2, 0) is 11.3 Å². The van der Waals surface area contributed by atoms with E-state index in [2.05, 4.69) is 15.5 Å². The molecule has 1 aliphatic heterocycles. The summed E-state index contributed by atoms with van der Waals surface area (Å²) in [5.74, 6) is 0.735. The molecule has 100 valence electrons. The molecular formula is C13H21N3O2. The molecule has 1 aromatic rings. The van der Waals surface area contributed by atoms with Gasteiger partial charge in [0.1, 0.15) is 0 Å². The van der Waals surface area contributed by atoms with Gasteiger partial charge < -0.3 is 14.6 Å². The molecule has 0 aromatic carbocycles. The van der Waals surface area contributed by atoms with Crippen molar-refractivity contribution in [3.8, 4) is 0 Å². The Morgan fingerprint density at radius 1 is 1.33 bits per heavy atom. The van der Waals surface area contributed by atoms with Crippen LogP contribution in [0.1, 0.15) is 50.8 Å². The monoisotopic (exact) mass is 251 g/mol. The van der Waals surface area contributed by atoms with E-state index in [1.165, 1.54) is 38.5 Å². The zero-order chi connectivity index (χ0) is 12.3. The van der Waals surface area contributed by atoms with Crippen LogP contribution in [0.25, 0.3) is 0 Å². The molecule has 1 saturated heterocycles. The highest BCUT2D eigenvalue weighted by molar-refractivity contribution is 4.92. The van der Waals surface area contributed by atoms with E-state index in [4.69, 9.17) is 9.26 Å². The molecule has 1 aliphatic carbocycles. The summed E-state index contributed by atoms with van der Waals surface area (Å²) >= 11 is 0. The highest BCUT2D eigenvalue weighted by atomic mass is 16.5. The highest BCUT2D eigenvalue weighted by Crippen LogP contribution is 2.38. The standard InChI is InChI=1S/C13H21N3O2/c1-2-5-13(6-3-1)8-11(4-7-17-13)14-9-12-15-10-18-16-12/h10-11,14H,1-9H2. The van der Waals surface area contributed by atoms with Gasteiger partial charge in [0.05, 0.1) is 12.1 Å². The fraction of sp³-hybridized carbons (Fsp3) is 0.846. The van der Waals surface area contributed by atoms with Crippen molar-refractivity contribution in [3.05, 3.63) is 12.2 Å². The molecule has 0 amide bonds. The lowest BCUT2D eigenvalue weighted by Crippen LogP contribution is -2.47. The van der Waals surface area contributed by atoms with Crippen molar-refractivity contribution in [3.63, 3.8) is 0 Å². The van der Waals surface area contributed by atoms with E-state index in [1.807, 2.05) is 0 Å². The SMILES string of the molecule is c1nc(CNC2CCOC3(CCCCC3)C2)no1. The minimum atomic E-state index is 0.158. The highest BCUT2D eigenvalue weighted by Gasteiger charge is 2.38. The van der Waals surface area contributed by atoms with E-state index in [-0.39, 0.29) is 5.60 Å². The third-order valence-corrected chi connectivity index (χ3v) is 4.21. The maximum atomic E-state index is 6.08. The minimum absolute atomic E-state index is 0.158. The molecule has 3 rings (SSSR count). The van der Waals surface area contributed by atoms with Crippen LogP contribution in [0, 0.1) is 0 Å². The van der Waals surface area contributed by atoms with Crippen molar-refractivity contribution >= 4 is 0 Å². The third kappa shape index (κ3) is 2.72. The Kier molecular flexibility index (Phi) is 3.61. The zero-order valence-corrected chi connectivity index (χ0v) is 10.7. The smallest absolute Gasteiger partial charge is 0.213 e. The molecule has 2 heterocycles. The second kappa shape index (κ2) is 5.36. The van der Waals surface area contributed by atoms with Crippen molar-refractivity contribution in [2.45, 2.75) is 63.1 Å². The topological polar surface area (TPSA) is 60.2 Å². The van der Waals surface area contributed by atoms with Crippen molar-refractivity contribution < 1.29 is 9.26 Å². The third-order valence-electron chi connectivity index (χ3n) is 4.21. The van der Waals surface area contributed by atoms with Gasteiger partial charge in [-0.15, -0.1) is 0 Å². The predicted octanol–water partition coefficient (Wildman–Crippen LogP) is 2.04. The molecule has 0 bridgehead atoms. The molecule has 2 aliphatic rings. The number of nitrogens with zero attached hydrogens (tertiary/aromatic N) is 2. The van der Waals surface area contributed by atoms with Gasteiger partial charge in [-0.1, -0.05) is 24.4 Å². The summed E-state index contributed by atoms with van der Waals surface area (Å²) in [6.07, 6.45) is 10.1. The van der Waals surface area contributed by atoms with E-state index in [0.717, 1.165) is 25.3 Å². The average molecular weight is 251 g/mol. The van der Waals surface area contributed by atoms with E-state index >= 15 is 0 Å².